The van der Waals surface area contributed by atoms with Crippen LogP contribution in [0.2, 0.25) is 0 Å². The van der Waals surface area contributed by atoms with Gasteiger partial charge in [0.1, 0.15) is 11.5 Å². The molecule has 190 valence electrons. The van der Waals surface area contributed by atoms with E-state index in [1.54, 1.807) is 11.6 Å². The van der Waals surface area contributed by atoms with Crippen molar-refractivity contribution in [3.8, 4) is 22.8 Å². The number of nitrogens with zero attached hydrogens (tertiary/aromatic N) is 4. The lowest BCUT2D eigenvalue weighted by Gasteiger charge is -2.26. The van der Waals surface area contributed by atoms with Crippen LogP contribution in [0, 0.1) is 5.82 Å². The molecule has 0 radical (unpaired) electrons. The molecule has 4 aromatic rings. The largest absolute Gasteiger partial charge is 0.432 e. The Morgan fingerprint density at radius 2 is 1.94 bits per heavy atom. The van der Waals surface area contributed by atoms with Gasteiger partial charge >= 0.3 is 6.61 Å². The predicted octanol–water partition coefficient (Wildman–Crippen LogP) is 4.55. The summed E-state index contributed by atoms with van der Waals surface area (Å²) in [6.07, 6.45) is 3.62. The number of fused-ring (bicyclic) bond motifs is 1. The van der Waals surface area contributed by atoms with Crippen LogP contribution in [0.4, 0.5) is 13.2 Å². The van der Waals surface area contributed by atoms with Crippen LogP contribution in [0.5, 0.6) is 5.75 Å². The molecular weight excluding hydrogens is 513 g/mol. The minimum absolute atomic E-state index is 0.207. The average Bonchev–Trinajstić information content (AvgIpc) is 3.49. The molecule has 0 saturated carbocycles. The molecule has 1 saturated heterocycles. The number of thiazole rings is 1. The van der Waals surface area contributed by atoms with E-state index in [0.29, 0.717) is 35.8 Å². The Hall–Kier alpha value is -2.96. The highest BCUT2D eigenvalue weighted by Gasteiger charge is 2.21. The Kier molecular flexibility index (Phi) is 7.00. The van der Waals surface area contributed by atoms with E-state index >= 15 is 0 Å². The molecule has 0 amide bonds. The molecule has 3 aromatic heterocycles. The molecule has 0 spiro atoms. The van der Waals surface area contributed by atoms with Gasteiger partial charge in [0.15, 0.2) is 21.4 Å². The normalized spacial score (nSPS) is 16.1. The second-order valence-corrected chi connectivity index (χ2v) is 11.6. The first kappa shape index (κ1) is 24.7. The molecule has 0 unspecified atom stereocenters. The maximum Gasteiger partial charge on any atom is 0.387 e. The molecule has 1 aliphatic rings. The second-order valence-electron chi connectivity index (χ2n) is 8.56. The van der Waals surface area contributed by atoms with Gasteiger partial charge in [0, 0.05) is 35.6 Å². The third-order valence-electron chi connectivity index (χ3n) is 6.20. The summed E-state index contributed by atoms with van der Waals surface area (Å²) in [7, 11) is -2.90. The van der Waals surface area contributed by atoms with Crippen molar-refractivity contribution in [1.29, 1.82) is 0 Å². The quantitative estimate of drug-likeness (QED) is 0.329. The van der Waals surface area contributed by atoms with Crippen LogP contribution >= 0.6 is 11.3 Å². The first-order valence-electron chi connectivity index (χ1n) is 11.4. The van der Waals surface area contributed by atoms with Gasteiger partial charge in [-0.05, 0) is 55.3 Å². The van der Waals surface area contributed by atoms with Gasteiger partial charge in [0.05, 0.1) is 22.7 Å². The van der Waals surface area contributed by atoms with E-state index in [9.17, 15) is 21.6 Å². The van der Waals surface area contributed by atoms with Gasteiger partial charge in [-0.1, -0.05) is 0 Å². The molecular formula is C24H23F3N4O3S2. The van der Waals surface area contributed by atoms with E-state index in [1.807, 2.05) is 22.2 Å². The lowest BCUT2D eigenvalue weighted by molar-refractivity contribution is -0.0521. The number of hydrogen-bond acceptors (Lipinski definition) is 7. The summed E-state index contributed by atoms with van der Waals surface area (Å²) < 4.78 is 68.7. The summed E-state index contributed by atoms with van der Waals surface area (Å²) in [6, 6.07) is 7.48. The first-order valence-corrected chi connectivity index (χ1v) is 14.1. The fourth-order valence-corrected chi connectivity index (χ4v) is 6.15. The van der Waals surface area contributed by atoms with Crippen molar-refractivity contribution in [3.63, 3.8) is 0 Å². The molecule has 7 nitrogen and oxygen atoms in total. The van der Waals surface area contributed by atoms with Crippen molar-refractivity contribution in [1.82, 2.24) is 19.4 Å². The minimum atomic E-state index is -3.11. The number of halogens is 3. The number of sulfone groups is 1. The number of pyridine rings is 1. The van der Waals surface area contributed by atoms with Gasteiger partial charge in [-0.2, -0.15) is 8.78 Å². The van der Waals surface area contributed by atoms with E-state index in [-0.39, 0.29) is 11.5 Å². The molecule has 12 heteroatoms. The smallest absolute Gasteiger partial charge is 0.387 e. The van der Waals surface area contributed by atoms with Crippen LogP contribution in [-0.4, -0.2) is 65.6 Å². The summed E-state index contributed by atoms with van der Waals surface area (Å²) in [5.74, 6) is -0.281. The first-order chi connectivity index (χ1) is 17.3. The Morgan fingerprint density at radius 3 is 2.64 bits per heavy atom. The molecule has 0 N–H and O–H groups in total. The standard InChI is InChI=1S/C24H23F3N4O3S2/c25-19-12-16(3-6-21(19)34-24(26)27)20-5-4-18-17(2-1-7-30-8-10-36(32,33)11-9-30)13-31(23(18)29-20)22-14-35-15-28-22/h3-6,12-15,24H,1-2,7-11H2. The van der Waals surface area contributed by atoms with Crippen LogP contribution in [0.25, 0.3) is 28.1 Å². The average molecular weight is 537 g/mol. The third-order valence-corrected chi connectivity index (χ3v) is 8.38. The van der Waals surface area contributed by atoms with E-state index in [0.717, 1.165) is 36.4 Å². The van der Waals surface area contributed by atoms with Crippen molar-refractivity contribution in [2.45, 2.75) is 19.5 Å². The van der Waals surface area contributed by atoms with Crippen molar-refractivity contribution in [3.05, 3.63) is 58.8 Å². The molecule has 0 bridgehead atoms. The van der Waals surface area contributed by atoms with E-state index < -0.39 is 28.0 Å². The number of ether oxygens (including phenoxy) is 1. The molecule has 0 aliphatic carbocycles. The zero-order valence-electron chi connectivity index (χ0n) is 19.1. The number of rotatable bonds is 8. The van der Waals surface area contributed by atoms with Crippen LogP contribution in [-0.2, 0) is 16.3 Å². The van der Waals surface area contributed by atoms with Gasteiger partial charge in [-0.15, -0.1) is 11.3 Å². The SMILES string of the molecule is O=S1(=O)CCN(CCCc2cn(-c3cscn3)c3nc(-c4ccc(OC(F)F)c(F)c4)ccc23)CC1. The van der Waals surface area contributed by atoms with Gasteiger partial charge in [0.25, 0.3) is 0 Å². The maximum atomic E-state index is 14.3. The van der Waals surface area contributed by atoms with Gasteiger partial charge in [0.2, 0.25) is 0 Å². The Balaban J connectivity index is 1.41. The molecule has 4 heterocycles. The van der Waals surface area contributed by atoms with Crippen LogP contribution in [0.1, 0.15) is 12.0 Å². The zero-order valence-corrected chi connectivity index (χ0v) is 20.7. The van der Waals surface area contributed by atoms with Gasteiger partial charge < -0.3 is 9.64 Å². The van der Waals surface area contributed by atoms with Gasteiger partial charge in [-0.25, -0.2) is 22.8 Å². The summed E-state index contributed by atoms with van der Waals surface area (Å²) in [5, 5.41) is 2.84. The maximum absolute atomic E-state index is 14.3. The second kappa shape index (κ2) is 10.2. The highest BCUT2D eigenvalue weighted by atomic mass is 32.2. The number of aryl methyl sites for hydroxylation is 1. The third kappa shape index (κ3) is 5.40. The number of alkyl halides is 2. The number of hydrogen-bond donors (Lipinski definition) is 0. The van der Waals surface area contributed by atoms with E-state index in [2.05, 4.69) is 14.6 Å². The Bertz CT molecular complexity index is 1460. The summed E-state index contributed by atoms with van der Waals surface area (Å²) in [6.45, 7) is -1.18. The lowest BCUT2D eigenvalue weighted by Crippen LogP contribution is -2.40. The molecule has 1 aromatic carbocycles. The Morgan fingerprint density at radius 1 is 1.14 bits per heavy atom. The van der Waals surface area contributed by atoms with Crippen molar-refractivity contribution in [2.75, 3.05) is 31.1 Å². The Labute approximate surface area is 210 Å². The fraction of sp³-hybridized carbons (Fsp3) is 0.333. The van der Waals surface area contributed by atoms with Gasteiger partial charge in [-0.3, -0.25) is 4.57 Å². The molecule has 36 heavy (non-hydrogen) atoms. The summed E-state index contributed by atoms with van der Waals surface area (Å²) in [5.41, 5.74) is 4.38. The van der Waals surface area contributed by atoms with Crippen LogP contribution < -0.4 is 4.74 Å². The predicted molar refractivity (Wildman–Crippen MR) is 132 cm³/mol. The summed E-state index contributed by atoms with van der Waals surface area (Å²) in [4.78, 5) is 11.3. The minimum Gasteiger partial charge on any atom is -0.432 e. The highest BCUT2D eigenvalue weighted by Crippen LogP contribution is 2.30. The molecule has 0 atom stereocenters. The number of benzene rings is 1. The fourth-order valence-electron chi connectivity index (χ4n) is 4.35. The van der Waals surface area contributed by atoms with Crippen LogP contribution in [0.3, 0.4) is 0 Å². The highest BCUT2D eigenvalue weighted by molar-refractivity contribution is 7.91. The van der Waals surface area contributed by atoms with E-state index in [1.165, 1.54) is 23.5 Å². The van der Waals surface area contributed by atoms with Crippen molar-refractivity contribution in [2.24, 2.45) is 0 Å². The zero-order chi connectivity index (χ0) is 25.3. The molecule has 5 rings (SSSR count). The lowest BCUT2D eigenvalue weighted by atomic mass is 10.1. The monoisotopic (exact) mass is 536 g/mol. The summed E-state index contributed by atoms with van der Waals surface area (Å²) >= 11 is 1.46. The topological polar surface area (TPSA) is 77.3 Å². The van der Waals surface area contributed by atoms with Crippen molar-refractivity contribution >= 4 is 32.2 Å². The van der Waals surface area contributed by atoms with Crippen molar-refractivity contribution < 1.29 is 26.3 Å². The van der Waals surface area contributed by atoms with E-state index in [4.69, 9.17) is 4.98 Å². The molecule has 1 aliphatic heterocycles. The molecule has 1 fully saturated rings. The van der Waals surface area contributed by atoms with Crippen LogP contribution in [0.15, 0.2) is 47.4 Å². The number of aromatic nitrogens is 3.